The molecule has 1 N–H and O–H groups in total. The fourth-order valence-electron chi connectivity index (χ4n) is 3.10. The minimum Gasteiger partial charge on any atom is -0.353 e. The summed E-state index contributed by atoms with van der Waals surface area (Å²) in [5.74, 6) is -0.0607. The van der Waals surface area contributed by atoms with Crippen LogP contribution in [0.3, 0.4) is 0 Å². The lowest BCUT2D eigenvalue weighted by Crippen LogP contribution is -2.49. The van der Waals surface area contributed by atoms with Crippen molar-refractivity contribution < 1.29 is 9.59 Å². The number of urea groups is 1. The van der Waals surface area contributed by atoms with Gasteiger partial charge in [-0.2, -0.15) is 0 Å². The molecule has 1 aromatic heterocycles. The number of rotatable bonds is 10. The summed E-state index contributed by atoms with van der Waals surface area (Å²) >= 11 is 0. The minimum absolute atomic E-state index is 0.0607. The quantitative estimate of drug-likeness (QED) is 0.619. The number of carbonyl (C=O) groups excluding carboxylic acids is 2. The SMILES string of the molecule is CCCCNC(=O)N(CC(=O)N(Cc1ccccc1)Cc1cccn1C)C(C)C. The number of benzene rings is 1. The van der Waals surface area contributed by atoms with Gasteiger partial charge in [0.15, 0.2) is 0 Å². The van der Waals surface area contributed by atoms with E-state index in [1.807, 2.05) is 79.0 Å². The average molecular weight is 399 g/mol. The highest BCUT2D eigenvalue weighted by atomic mass is 16.2. The van der Waals surface area contributed by atoms with E-state index in [0.29, 0.717) is 19.6 Å². The van der Waals surface area contributed by atoms with Gasteiger partial charge in [0.05, 0.1) is 6.54 Å². The van der Waals surface area contributed by atoms with E-state index < -0.39 is 0 Å². The van der Waals surface area contributed by atoms with Crippen molar-refractivity contribution >= 4 is 11.9 Å². The van der Waals surface area contributed by atoms with Crippen molar-refractivity contribution in [3.63, 3.8) is 0 Å². The zero-order valence-corrected chi connectivity index (χ0v) is 18.1. The van der Waals surface area contributed by atoms with Gasteiger partial charge in [-0.15, -0.1) is 0 Å². The lowest BCUT2D eigenvalue weighted by Gasteiger charge is -2.30. The number of unbranched alkanes of at least 4 members (excludes halogenated alkanes) is 1. The molecule has 1 aromatic carbocycles. The van der Waals surface area contributed by atoms with Crippen LogP contribution in [0.15, 0.2) is 48.7 Å². The molecule has 29 heavy (non-hydrogen) atoms. The molecule has 0 aliphatic heterocycles. The molecule has 158 valence electrons. The molecule has 0 aliphatic rings. The third-order valence-electron chi connectivity index (χ3n) is 4.97. The summed E-state index contributed by atoms with van der Waals surface area (Å²) < 4.78 is 2.02. The summed E-state index contributed by atoms with van der Waals surface area (Å²) in [7, 11) is 1.97. The number of aryl methyl sites for hydroxylation is 1. The first-order chi connectivity index (χ1) is 13.9. The van der Waals surface area contributed by atoms with Crippen LogP contribution >= 0.6 is 0 Å². The van der Waals surface area contributed by atoms with Gasteiger partial charge in [0.2, 0.25) is 5.91 Å². The van der Waals surface area contributed by atoms with Gasteiger partial charge in [-0.25, -0.2) is 4.79 Å². The molecule has 6 heteroatoms. The summed E-state index contributed by atoms with van der Waals surface area (Å²) in [4.78, 5) is 29.2. The van der Waals surface area contributed by atoms with E-state index in [1.165, 1.54) is 0 Å². The summed E-state index contributed by atoms with van der Waals surface area (Å²) in [5, 5.41) is 2.93. The van der Waals surface area contributed by atoms with Crippen molar-refractivity contribution in [3.05, 3.63) is 59.9 Å². The van der Waals surface area contributed by atoms with Gasteiger partial charge >= 0.3 is 6.03 Å². The predicted octanol–water partition coefficient (Wildman–Crippen LogP) is 3.77. The second-order valence-corrected chi connectivity index (χ2v) is 7.65. The number of hydrogen-bond acceptors (Lipinski definition) is 2. The van der Waals surface area contributed by atoms with Crippen molar-refractivity contribution in [1.82, 2.24) is 19.7 Å². The molecule has 0 saturated heterocycles. The Labute approximate surface area is 174 Å². The molecule has 1 heterocycles. The van der Waals surface area contributed by atoms with E-state index >= 15 is 0 Å². The van der Waals surface area contributed by atoms with E-state index in [2.05, 4.69) is 12.2 Å². The van der Waals surface area contributed by atoms with Gasteiger partial charge in [0.25, 0.3) is 0 Å². The average Bonchev–Trinajstić information content (AvgIpc) is 3.10. The molecule has 6 nitrogen and oxygen atoms in total. The van der Waals surface area contributed by atoms with Gasteiger partial charge in [-0.05, 0) is 38.0 Å². The standard InChI is InChI=1S/C23H34N4O2/c1-5-6-14-24-23(29)27(19(2)3)18-22(28)26(16-20-11-8-7-9-12-20)17-21-13-10-15-25(21)4/h7-13,15,19H,5-6,14,16-18H2,1-4H3,(H,24,29). The molecule has 0 bridgehead atoms. The molecule has 0 spiro atoms. The highest BCUT2D eigenvalue weighted by Crippen LogP contribution is 2.12. The van der Waals surface area contributed by atoms with Gasteiger partial charge in [-0.1, -0.05) is 43.7 Å². The molecule has 2 aromatic rings. The summed E-state index contributed by atoms with van der Waals surface area (Å²) in [6.07, 6.45) is 3.92. The maximum atomic E-state index is 13.2. The third-order valence-corrected chi connectivity index (χ3v) is 4.97. The Morgan fingerprint density at radius 2 is 1.79 bits per heavy atom. The first-order valence-electron chi connectivity index (χ1n) is 10.4. The highest BCUT2D eigenvalue weighted by Gasteiger charge is 2.24. The fourth-order valence-corrected chi connectivity index (χ4v) is 3.10. The Bertz CT molecular complexity index is 770. The Kier molecular flexibility index (Phi) is 8.77. The van der Waals surface area contributed by atoms with Crippen molar-refractivity contribution in [3.8, 4) is 0 Å². The Morgan fingerprint density at radius 1 is 1.07 bits per heavy atom. The second-order valence-electron chi connectivity index (χ2n) is 7.65. The van der Waals surface area contributed by atoms with Crippen LogP contribution in [0.2, 0.25) is 0 Å². The normalized spacial score (nSPS) is 10.8. The second kappa shape index (κ2) is 11.3. The van der Waals surface area contributed by atoms with E-state index in [4.69, 9.17) is 0 Å². The lowest BCUT2D eigenvalue weighted by atomic mass is 10.2. The number of amides is 3. The van der Waals surface area contributed by atoms with E-state index in [-0.39, 0.29) is 24.5 Å². The largest absolute Gasteiger partial charge is 0.353 e. The van der Waals surface area contributed by atoms with Crippen molar-refractivity contribution in [2.24, 2.45) is 7.05 Å². The summed E-state index contributed by atoms with van der Waals surface area (Å²) in [5.41, 5.74) is 2.12. The maximum Gasteiger partial charge on any atom is 0.318 e. The number of nitrogens with one attached hydrogen (secondary N) is 1. The van der Waals surface area contributed by atoms with Crippen molar-refractivity contribution in [2.75, 3.05) is 13.1 Å². The molecule has 0 aliphatic carbocycles. The van der Waals surface area contributed by atoms with Crippen LogP contribution in [0, 0.1) is 0 Å². The van der Waals surface area contributed by atoms with Crippen LogP contribution in [0.25, 0.3) is 0 Å². The molecule has 0 atom stereocenters. The molecule has 0 unspecified atom stereocenters. The Hall–Kier alpha value is -2.76. The van der Waals surface area contributed by atoms with E-state index in [1.54, 1.807) is 4.90 Å². The minimum atomic E-state index is -0.180. The molecule has 0 fully saturated rings. The topological polar surface area (TPSA) is 57.6 Å². The number of aromatic nitrogens is 1. The van der Waals surface area contributed by atoms with Gasteiger partial charge in [-0.3, -0.25) is 4.79 Å². The lowest BCUT2D eigenvalue weighted by molar-refractivity contribution is -0.133. The Balaban J connectivity index is 2.13. The zero-order valence-electron chi connectivity index (χ0n) is 18.1. The monoisotopic (exact) mass is 398 g/mol. The third kappa shape index (κ3) is 6.97. The zero-order chi connectivity index (χ0) is 21.2. The maximum absolute atomic E-state index is 13.2. The van der Waals surface area contributed by atoms with Gasteiger partial charge in [0.1, 0.15) is 6.54 Å². The predicted molar refractivity (Wildman–Crippen MR) is 116 cm³/mol. The first-order valence-corrected chi connectivity index (χ1v) is 10.4. The smallest absolute Gasteiger partial charge is 0.318 e. The van der Waals surface area contributed by atoms with Crippen molar-refractivity contribution in [1.29, 1.82) is 0 Å². The van der Waals surface area contributed by atoms with E-state index in [9.17, 15) is 9.59 Å². The van der Waals surface area contributed by atoms with Crippen LogP contribution in [0.1, 0.15) is 44.9 Å². The number of nitrogens with zero attached hydrogens (tertiary/aromatic N) is 3. The molecular weight excluding hydrogens is 364 g/mol. The van der Waals surface area contributed by atoms with Crippen LogP contribution < -0.4 is 5.32 Å². The first kappa shape index (κ1) is 22.5. The van der Waals surface area contributed by atoms with Crippen LogP contribution in [0.4, 0.5) is 4.79 Å². The fraction of sp³-hybridized carbons (Fsp3) is 0.478. The van der Waals surface area contributed by atoms with E-state index in [0.717, 1.165) is 24.1 Å². The van der Waals surface area contributed by atoms with Crippen LogP contribution in [-0.2, 0) is 24.9 Å². The molecule has 2 rings (SSSR count). The molecule has 3 amide bonds. The van der Waals surface area contributed by atoms with Crippen molar-refractivity contribution in [2.45, 2.75) is 52.7 Å². The Morgan fingerprint density at radius 3 is 2.38 bits per heavy atom. The highest BCUT2D eigenvalue weighted by molar-refractivity contribution is 5.84. The molecular formula is C23H34N4O2. The van der Waals surface area contributed by atoms with Gasteiger partial charge in [0, 0.05) is 38.1 Å². The summed E-state index contributed by atoms with van der Waals surface area (Å²) in [6, 6.07) is 13.7. The summed E-state index contributed by atoms with van der Waals surface area (Å²) in [6.45, 7) is 7.66. The molecule has 0 radical (unpaired) electrons. The number of hydrogen-bond donors (Lipinski definition) is 1. The molecule has 0 saturated carbocycles. The number of carbonyl (C=O) groups is 2. The van der Waals surface area contributed by atoms with Gasteiger partial charge < -0.3 is 19.7 Å². The van der Waals surface area contributed by atoms with Crippen LogP contribution in [0.5, 0.6) is 0 Å². The van der Waals surface area contributed by atoms with Crippen LogP contribution in [-0.4, -0.2) is 45.4 Å².